The van der Waals surface area contributed by atoms with Gasteiger partial charge in [0.1, 0.15) is 11.2 Å². The van der Waals surface area contributed by atoms with Crippen molar-refractivity contribution in [2.75, 3.05) is 0 Å². The Labute approximate surface area is 164 Å². The molecule has 2 aliphatic rings. The molecule has 3 aromatic carbocycles. The van der Waals surface area contributed by atoms with Crippen molar-refractivity contribution < 1.29 is 9.90 Å². The molecule has 136 valence electrons. The quantitative estimate of drug-likeness (QED) is 0.672. The van der Waals surface area contributed by atoms with Crippen molar-refractivity contribution in [1.29, 1.82) is 0 Å². The SMILES string of the molecule is O=C1C(c2ccccc2)=C2CCC=C2C1(c1ccccc1)c1ccccc1O. The van der Waals surface area contributed by atoms with Crippen molar-refractivity contribution in [2.45, 2.75) is 18.3 Å². The fourth-order valence-electron chi connectivity index (χ4n) is 4.80. The second kappa shape index (κ2) is 6.35. The summed E-state index contributed by atoms with van der Waals surface area (Å²) < 4.78 is 0. The average molecular weight is 364 g/mol. The molecule has 0 bridgehead atoms. The Morgan fingerprint density at radius 2 is 1.43 bits per heavy atom. The van der Waals surface area contributed by atoms with E-state index in [-0.39, 0.29) is 11.5 Å². The van der Waals surface area contributed by atoms with Gasteiger partial charge >= 0.3 is 0 Å². The summed E-state index contributed by atoms with van der Waals surface area (Å²) >= 11 is 0. The van der Waals surface area contributed by atoms with Crippen LogP contribution in [0.4, 0.5) is 0 Å². The molecule has 0 spiro atoms. The van der Waals surface area contributed by atoms with Gasteiger partial charge in [-0.25, -0.2) is 0 Å². The van der Waals surface area contributed by atoms with Crippen molar-refractivity contribution in [2.24, 2.45) is 0 Å². The van der Waals surface area contributed by atoms with E-state index >= 15 is 0 Å². The van der Waals surface area contributed by atoms with Crippen LogP contribution < -0.4 is 0 Å². The third-order valence-corrected chi connectivity index (χ3v) is 5.92. The van der Waals surface area contributed by atoms with E-state index in [1.165, 1.54) is 0 Å². The van der Waals surface area contributed by atoms with Gasteiger partial charge in [-0.15, -0.1) is 0 Å². The van der Waals surface area contributed by atoms with E-state index in [4.69, 9.17) is 0 Å². The Morgan fingerprint density at radius 3 is 2.14 bits per heavy atom. The molecule has 5 rings (SSSR count). The van der Waals surface area contributed by atoms with Gasteiger partial charge in [0.05, 0.1) is 0 Å². The Kier molecular flexibility index (Phi) is 3.80. The number of allylic oxidation sites excluding steroid dienone is 4. The lowest BCUT2D eigenvalue weighted by atomic mass is 9.67. The van der Waals surface area contributed by atoms with Crippen LogP contribution in [0.2, 0.25) is 0 Å². The van der Waals surface area contributed by atoms with Gasteiger partial charge in [-0.2, -0.15) is 0 Å². The van der Waals surface area contributed by atoms with Crippen LogP contribution in [-0.2, 0) is 10.2 Å². The maximum absolute atomic E-state index is 14.2. The number of phenols is 1. The summed E-state index contributed by atoms with van der Waals surface area (Å²) in [6.45, 7) is 0. The zero-order chi connectivity index (χ0) is 19.1. The van der Waals surface area contributed by atoms with Gasteiger partial charge < -0.3 is 5.11 Å². The third kappa shape index (κ3) is 2.18. The first-order chi connectivity index (χ1) is 13.7. The maximum atomic E-state index is 14.2. The molecule has 0 fully saturated rings. The van der Waals surface area contributed by atoms with Gasteiger partial charge in [0, 0.05) is 11.1 Å². The average Bonchev–Trinajstić information content (AvgIpc) is 3.29. The Morgan fingerprint density at radius 1 is 0.786 bits per heavy atom. The fraction of sp³-hybridized carbons (Fsp3) is 0.115. The lowest BCUT2D eigenvalue weighted by Crippen LogP contribution is -2.35. The summed E-state index contributed by atoms with van der Waals surface area (Å²) in [4.78, 5) is 14.2. The first-order valence-corrected chi connectivity index (χ1v) is 9.63. The van der Waals surface area contributed by atoms with E-state index < -0.39 is 5.41 Å². The van der Waals surface area contributed by atoms with E-state index in [9.17, 15) is 9.90 Å². The van der Waals surface area contributed by atoms with Gasteiger partial charge in [-0.3, -0.25) is 4.79 Å². The van der Waals surface area contributed by atoms with Crippen molar-refractivity contribution >= 4 is 11.4 Å². The van der Waals surface area contributed by atoms with E-state index in [1.807, 2.05) is 72.8 Å². The highest BCUT2D eigenvalue weighted by molar-refractivity contribution is 6.33. The van der Waals surface area contributed by atoms with E-state index in [2.05, 4.69) is 6.08 Å². The summed E-state index contributed by atoms with van der Waals surface area (Å²) in [5.41, 5.74) is 4.44. The predicted molar refractivity (Wildman–Crippen MR) is 111 cm³/mol. The number of fused-ring (bicyclic) bond motifs is 1. The van der Waals surface area contributed by atoms with Crippen LogP contribution in [0.5, 0.6) is 5.75 Å². The molecule has 2 aliphatic carbocycles. The van der Waals surface area contributed by atoms with Crippen molar-refractivity contribution in [3.63, 3.8) is 0 Å². The highest BCUT2D eigenvalue weighted by Gasteiger charge is 2.55. The molecule has 1 N–H and O–H groups in total. The second-order valence-corrected chi connectivity index (χ2v) is 7.34. The molecule has 0 aliphatic heterocycles. The maximum Gasteiger partial charge on any atom is 0.183 e. The number of ketones is 1. The number of hydrogen-bond donors (Lipinski definition) is 1. The van der Waals surface area contributed by atoms with Crippen molar-refractivity contribution in [3.05, 3.63) is 119 Å². The molecule has 1 atom stereocenters. The Balaban J connectivity index is 1.85. The number of carbonyl (C=O) groups excluding carboxylic acids is 1. The predicted octanol–water partition coefficient (Wildman–Crippen LogP) is 5.44. The molecule has 0 amide bonds. The first-order valence-electron chi connectivity index (χ1n) is 9.63. The van der Waals surface area contributed by atoms with Gasteiger partial charge in [0.2, 0.25) is 0 Å². The van der Waals surface area contributed by atoms with Gasteiger partial charge in [0.15, 0.2) is 5.78 Å². The van der Waals surface area contributed by atoms with Crippen LogP contribution in [0.1, 0.15) is 29.5 Å². The summed E-state index contributed by atoms with van der Waals surface area (Å²) in [6.07, 6.45) is 3.95. The van der Waals surface area contributed by atoms with Gasteiger partial charge in [-0.05, 0) is 41.2 Å². The minimum atomic E-state index is -0.996. The van der Waals surface area contributed by atoms with Crippen LogP contribution in [-0.4, -0.2) is 10.9 Å². The third-order valence-electron chi connectivity index (χ3n) is 5.92. The molecule has 0 radical (unpaired) electrons. The standard InChI is InChI=1S/C26H20O2/c27-23-17-8-7-15-22(23)26(19-12-5-2-6-13-19)21-16-9-14-20(21)24(25(26)28)18-10-3-1-4-11-18/h1-8,10-13,15-17,27H,9,14H2. The Hall–Kier alpha value is -3.39. The number of aromatic hydroxyl groups is 1. The van der Waals surface area contributed by atoms with Gasteiger partial charge in [-0.1, -0.05) is 84.9 Å². The van der Waals surface area contributed by atoms with Crippen LogP contribution in [0, 0.1) is 0 Å². The number of phenolic OH excluding ortho intramolecular Hbond substituents is 1. The van der Waals surface area contributed by atoms with Gasteiger partial charge in [0.25, 0.3) is 0 Å². The number of Topliss-reactive ketones (excluding diaryl/α,β-unsaturated/α-hetero) is 1. The van der Waals surface area contributed by atoms with E-state index in [0.717, 1.165) is 40.7 Å². The largest absolute Gasteiger partial charge is 0.508 e. The number of hydrogen-bond acceptors (Lipinski definition) is 2. The van der Waals surface area contributed by atoms with Crippen molar-refractivity contribution in [1.82, 2.24) is 0 Å². The molecular weight excluding hydrogens is 344 g/mol. The first kappa shape index (κ1) is 16.8. The summed E-state index contributed by atoms with van der Waals surface area (Å²) in [5.74, 6) is 0.202. The summed E-state index contributed by atoms with van der Waals surface area (Å²) in [5, 5.41) is 10.8. The summed E-state index contributed by atoms with van der Waals surface area (Å²) in [7, 11) is 0. The second-order valence-electron chi connectivity index (χ2n) is 7.34. The minimum Gasteiger partial charge on any atom is -0.508 e. The lowest BCUT2D eigenvalue weighted by molar-refractivity contribution is -0.116. The zero-order valence-electron chi connectivity index (χ0n) is 15.4. The number of carbonyl (C=O) groups is 1. The molecule has 0 saturated carbocycles. The topological polar surface area (TPSA) is 37.3 Å². The van der Waals surface area contributed by atoms with Crippen LogP contribution >= 0.6 is 0 Å². The molecule has 0 aromatic heterocycles. The number of rotatable bonds is 3. The fourth-order valence-corrected chi connectivity index (χ4v) is 4.80. The normalized spacial score (nSPS) is 21.0. The van der Waals surface area contributed by atoms with Crippen LogP contribution in [0.25, 0.3) is 5.57 Å². The molecular formula is C26H20O2. The highest BCUT2D eigenvalue weighted by Crippen LogP contribution is 2.57. The lowest BCUT2D eigenvalue weighted by Gasteiger charge is -2.32. The molecule has 2 nitrogen and oxygen atoms in total. The van der Waals surface area contributed by atoms with Crippen LogP contribution in [0.15, 0.2) is 102 Å². The minimum absolute atomic E-state index is 0.0485. The molecule has 3 aromatic rings. The molecule has 2 heteroatoms. The van der Waals surface area contributed by atoms with Crippen molar-refractivity contribution in [3.8, 4) is 5.75 Å². The highest BCUT2D eigenvalue weighted by atomic mass is 16.3. The van der Waals surface area contributed by atoms with E-state index in [0.29, 0.717) is 5.56 Å². The summed E-state index contributed by atoms with van der Waals surface area (Å²) in [6, 6.07) is 27.0. The Bertz CT molecular complexity index is 1120. The molecule has 0 saturated heterocycles. The molecule has 28 heavy (non-hydrogen) atoms. The zero-order valence-corrected chi connectivity index (χ0v) is 15.4. The molecule has 0 heterocycles. The number of para-hydroxylation sites is 1. The smallest absolute Gasteiger partial charge is 0.183 e. The monoisotopic (exact) mass is 364 g/mol. The van der Waals surface area contributed by atoms with Crippen LogP contribution in [0.3, 0.4) is 0 Å². The molecule has 1 unspecified atom stereocenters. The van der Waals surface area contributed by atoms with E-state index in [1.54, 1.807) is 12.1 Å². The number of benzene rings is 3.